The minimum atomic E-state index is -0.803. The molecule has 0 bridgehead atoms. The average molecular weight is 214 g/mol. The molecule has 42 valence electrons. The molecule has 3 heteroatoms. The van der Waals surface area contributed by atoms with Gasteiger partial charge in [0, 0.05) is 6.42 Å². The van der Waals surface area contributed by atoms with Crippen LogP contribution in [0.4, 0.5) is 0 Å². The molecule has 1 N–H and O–H groups in total. The predicted molar refractivity (Wildman–Crippen MR) is 35.3 cm³/mol. The number of rotatable bonds is 2. The topological polar surface area (TPSA) is 37.3 Å². The zero-order chi connectivity index (χ0) is 5.86. The molecule has 0 aromatic rings. The Morgan fingerprint density at radius 1 is 2.00 bits per heavy atom. The number of aliphatic hydroxyl groups is 1. The van der Waals surface area contributed by atoms with Crippen LogP contribution in [0.3, 0.4) is 0 Å². The highest BCUT2D eigenvalue weighted by molar-refractivity contribution is 14.1. The second kappa shape index (κ2) is 3.37. The summed E-state index contributed by atoms with van der Waals surface area (Å²) in [4.78, 5) is 10.3. The van der Waals surface area contributed by atoms with E-state index in [1.165, 1.54) is 0 Å². The molecule has 0 aromatic carbocycles. The van der Waals surface area contributed by atoms with E-state index < -0.39 is 4.11 Å². The quantitative estimate of drug-likeness (QED) is 0.543. The van der Waals surface area contributed by atoms with Crippen LogP contribution in [0.2, 0.25) is 0 Å². The lowest BCUT2D eigenvalue weighted by Crippen LogP contribution is -2.09. The van der Waals surface area contributed by atoms with Gasteiger partial charge < -0.3 is 5.11 Å². The minimum Gasteiger partial charge on any atom is -0.375 e. The summed E-state index contributed by atoms with van der Waals surface area (Å²) in [5.41, 5.74) is 0. The standard InChI is InChI=1S/C4H7IO2/c1-2-3(6)4(5)7/h4,7H,2H2,1H3. The first-order valence-electron chi connectivity index (χ1n) is 2.03. The minimum absolute atomic E-state index is 0.111. The summed E-state index contributed by atoms with van der Waals surface area (Å²) in [5, 5.41) is 8.46. The zero-order valence-electron chi connectivity index (χ0n) is 4.02. The van der Waals surface area contributed by atoms with Crippen molar-refractivity contribution < 1.29 is 9.90 Å². The molecular formula is C4H7IO2. The molecule has 1 atom stereocenters. The highest BCUT2D eigenvalue weighted by Crippen LogP contribution is 1.97. The fourth-order valence-corrected chi connectivity index (χ4v) is 0.609. The van der Waals surface area contributed by atoms with Crippen LogP contribution in [0.15, 0.2) is 0 Å². The second-order valence-electron chi connectivity index (χ2n) is 1.16. The Morgan fingerprint density at radius 2 is 2.43 bits per heavy atom. The average Bonchev–Trinajstić information content (AvgIpc) is 1.65. The molecule has 7 heavy (non-hydrogen) atoms. The van der Waals surface area contributed by atoms with E-state index in [0.29, 0.717) is 6.42 Å². The normalized spacial score (nSPS) is 13.6. The summed E-state index contributed by atoms with van der Waals surface area (Å²) < 4.78 is -0.803. The van der Waals surface area contributed by atoms with Gasteiger partial charge in [-0.2, -0.15) is 0 Å². The van der Waals surface area contributed by atoms with Gasteiger partial charge >= 0.3 is 0 Å². The number of halogens is 1. The van der Waals surface area contributed by atoms with Crippen LogP contribution < -0.4 is 0 Å². The first-order valence-corrected chi connectivity index (χ1v) is 3.28. The third kappa shape index (κ3) is 2.99. The van der Waals surface area contributed by atoms with Crippen LogP contribution in [0.25, 0.3) is 0 Å². The molecule has 2 nitrogen and oxygen atoms in total. The summed E-state index contributed by atoms with van der Waals surface area (Å²) in [6.45, 7) is 1.73. The Kier molecular flexibility index (Phi) is 3.55. The fourth-order valence-electron chi connectivity index (χ4n) is 0.168. The number of ketones is 1. The van der Waals surface area contributed by atoms with E-state index >= 15 is 0 Å². The number of Topliss-reactive ketones (excluding diaryl/α,β-unsaturated/α-hetero) is 1. The molecule has 0 heterocycles. The molecule has 0 spiro atoms. The summed E-state index contributed by atoms with van der Waals surface area (Å²) in [6.07, 6.45) is 0.421. The maximum absolute atomic E-state index is 10.3. The van der Waals surface area contributed by atoms with Gasteiger partial charge in [-0.1, -0.05) is 6.92 Å². The number of hydrogen-bond acceptors (Lipinski definition) is 2. The molecule has 0 radical (unpaired) electrons. The number of alkyl halides is 1. The Balaban J connectivity index is 3.35. The van der Waals surface area contributed by atoms with E-state index in [1.807, 2.05) is 0 Å². The van der Waals surface area contributed by atoms with E-state index in [1.54, 1.807) is 29.5 Å². The largest absolute Gasteiger partial charge is 0.375 e. The van der Waals surface area contributed by atoms with Crippen molar-refractivity contribution in [1.82, 2.24) is 0 Å². The Morgan fingerprint density at radius 3 is 2.43 bits per heavy atom. The van der Waals surface area contributed by atoms with Crippen LogP contribution in [-0.2, 0) is 4.79 Å². The summed E-state index contributed by atoms with van der Waals surface area (Å²) in [6, 6.07) is 0. The van der Waals surface area contributed by atoms with Gasteiger partial charge in [-0.3, -0.25) is 4.79 Å². The third-order valence-corrected chi connectivity index (χ3v) is 1.31. The van der Waals surface area contributed by atoms with E-state index in [0.717, 1.165) is 0 Å². The van der Waals surface area contributed by atoms with Crippen molar-refractivity contribution in [1.29, 1.82) is 0 Å². The Hall–Kier alpha value is 0.360. The first kappa shape index (κ1) is 7.36. The summed E-state index contributed by atoms with van der Waals surface area (Å²) in [5.74, 6) is -0.111. The van der Waals surface area contributed by atoms with Crippen LogP contribution in [0.1, 0.15) is 13.3 Å². The molecule has 0 aliphatic carbocycles. The van der Waals surface area contributed by atoms with Gasteiger partial charge in [0.2, 0.25) is 0 Å². The van der Waals surface area contributed by atoms with E-state index in [-0.39, 0.29) is 5.78 Å². The third-order valence-electron chi connectivity index (χ3n) is 0.614. The molecule has 0 rings (SSSR count). The van der Waals surface area contributed by atoms with Gasteiger partial charge in [-0.05, 0) is 22.6 Å². The van der Waals surface area contributed by atoms with E-state index in [4.69, 9.17) is 5.11 Å². The molecule has 0 amide bonds. The highest BCUT2D eigenvalue weighted by atomic mass is 127. The predicted octanol–water partition coefficient (Wildman–Crippen LogP) is 0.719. The highest BCUT2D eigenvalue weighted by Gasteiger charge is 2.04. The van der Waals surface area contributed by atoms with Crippen molar-refractivity contribution in [2.75, 3.05) is 0 Å². The molecule has 0 aromatic heterocycles. The van der Waals surface area contributed by atoms with E-state index in [2.05, 4.69) is 0 Å². The lowest BCUT2D eigenvalue weighted by Gasteiger charge is -1.93. The maximum atomic E-state index is 10.3. The molecule has 0 aliphatic heterocycles. The lowest BCUT2D eigenvalue weighted by molar-refractivity contribution is -0.122. The van der Waals surface area contributed by atoms with Gasteiger partial charge in [0.15, 0.2) is 9.89 Å². The van der Waals surface area contributed by atoms with Gasteiger partial charge in [0.05, 0.1) is 0 Å². The van der Waals surface area contributed by atoms with Crippen molar-refractivity contribution in [3.05, 3.63) is 0 Å². The van der Waals surface area contributed by atoms with Crippen LogP contribution >= 0.6 is 22.6 Å². The molecule has 0 aliphatic rings. The van der Waals surface area contributed by atoms with Gasteiger partial charge in [-0.25, -0.2) is 0 Å². The molecular weight excluding hydrogens is 207 g/mol. The van der Waals surface area contributed by atoms with Crippen molar-refractivity contribution in [3.63, 3.8) is 0 Å². The first-order chi connectivity index (χ1) is 3.18. The number of carbonyl (C=O) groups is 1. The van der Waals surface area contributed by atoms with Crippen molar-refractivity contribution in [2.45, 2.75) is 17.5 Å². The molecule has 0 saturated carbocycles. The van der Waals surface area contributed by atoms with E-state index in [9.17, 15) is 4.79 Å². The van der Waals surface area contributed by atoms with Gasteiger partial charge in [-0.15, -0.1) is 0 Å². The van der Waals surface area contributed by atoms with Crippen molar-refractivity contribution in [2.24, 2.45) is 0 Å². The lowest BCUT2D eigenvalue weighted by atomic mass is 10.3. The van der Waals surface area contributed by atoms with Gasteiger partial charge in [0.25, 0.3) is 0 Å². The van der Waals surface area contributed by atoms with Crippen LogP contribution in [0, 0.1) is 0 Å². The van der Waals surface area contributed by atoms with Crippen molar-refractivity contribution >= 4 is 28.4 Å². The fraction of sp³-hybridized carbons (Fsp3) is 0.750. The number of aliphatic hydroxyl groups excluding tert-OH is 1. The Labute approximate surface area is 56.1 Å². The monoisotopic (exact) mass is 214 g/mol. The smallest absolute Gasteiger partial charge is 0.171 e. The second-order valence-corrected chi connectivity index (χ2v) is 2.34. The molecule has 1 unspecified atom stereocenters. The van der Waals surface area contributed by atoms with Gasteiger partial charge in [0.1, 0.15) is 0 Å². The summed E-state index contributed by atoms with van der Waals surface area (Å²) >= 11 is 1.67. The molecule has 0 fully saturated rings. The number of hydrogen-bond donors (Lipinski definition) is 1. The maximum Gasteiger partial charge on any atom is 0.171 e. The summed E-state index contributed by atoms with van der Waals surface area (Å²) in [7, 11) is 0. The van der Waals surface area contributed by atoms with Crippen molar-refractivity contribution in [3.8, 4) is 0 Å². The SMILES string of the molecule is CCC(=O)C(O)I. The Bertz CT molecular complexity index is 70.1. The molecule has 0 saturated heterocycles. The zero-order valence-corrected chi connectivity index (χ0v) is 6.18. The van der Waals surface area contributed by atoms with Crippen LogP contribution in [-0.4, -0.2) is 15.0 Å². The number of carbonyl (C=O) groups excluding carboxylic acids is 1. The van der Waals surface area contributed by atoms with Crippen LogP contribution in [0.5, 0.6) is 0 Å².